The summed E-state index contributed by atoms with van der Waals surface area (Å²) in [7, 11) is 1.28. The van der Waals surface area contributed by atoms with Crippen LogP contribution >= 0.6 is 0 Å². The molecule has 0 spiro atoms. The number of pyridine rings is 2. The van der Waals surface area contributed by atoms with Gasteiger partial charge in [-0.15, -0.1) is 0 Å². The van der Waals surface area contributed by atoms with E-state index in [-0.39, 0.29) is 24.2 Å². The van der Waals surface area contributed by atoms with Gasteiger partial charge in [0.15, 0.2) is 5.60 Å². The van der Waals surface area contributed by atoms with Gasteiger partial charge in [-0.25, -0.2) is 14.6 Å². The third-order valence-corrected chi connectivity index (χ3v) is 6.19. The molecule has 32 heavy (non-hydrogen) atoms. The molecule has 8 heteroatoms. The second kappa shape index (κ2) is 7.13. The predicted molar refractivity (Wildman–Crippen MR) is 115 cm³/mol. The fourth-order valence-corrected chi connectivity index (χ4v) is 4.46. The molecule has 3 aromatic rings. The molecule has 4 heterocycles. The summed E-state index contributed by atoms with van der Waals surface area (Å²) < 4.78 is 11.4. The number of esters is 2. The Balaban J connectivity index is 1.83. The second-order valence-corrected chi connectivity index (χ2v) is 7.83. The monoisotopic (exact) mass is 432 g/mol. The molecule has 0 saturated carbocycles. The molecule has 162 valence electrons. The minimum Gasteiger partial charge on any atom is -0.466 e. The number of ether oxygens (including phenoxy) is 2. The highest BCUT2D eigenvalue weighted by molar-refractivity contribution is 5.87. The Morgan fingerprint density at radius 3 is 2.88 bits per heavy atom. The van der Waals surface area contributed by atoms with Crippen LogP contribution in [0.3, 0.4) is 0 Å². The molecular weight excluding hydrogens is 412 g/mol. The maximum atomic E-state index is 13.6. The maximum Gasteiger partial charge on any atom is 0.343 e. The van der Waals surface area contributed by atoms with E-state index in [9.17, 15) is 19.5 Å². The maximum absolute atomic E-state index is 13.6. The van der Waals surface area contributed by atoms with Crippen molar-refractivity contribution in [1.82, 2.24) is 9.55 Å². The minimum atomic E-state index is -1.90. The number of benzene rings is 1. The molecule has 2 aliphatic rings. The van der Waals surface area contributed by atoms with Crippen molar-refractivity contribution in [3.05, 3.63) is 75.6 Å². The van der Waals surface area contributed by atoms with Gasteiger partial charge in [-0.3, -0.25) is 9.36 Å². The zero-order chi connectivity index (χ0) is 22.6. The van der Waals surface area contributed by atoms with Gasteiger partial charge in [0.1, 0.15) is 6.61 Å². The number of hydrogen-bond acceptors (Lipinski definition) is 7. The van der Waals surface area contributed by atoms with Crippen LogP contribution in [0.5, 0.6) is 0 Å². The molecule has 5 rings (SSSR count). The van der Waals surface area contributed by atoms with Gasteiger partial charge in [0, 0.05) is 22.6 Å². The Morgan fingerprint density at radius 1 is 1.34 bits per heavy atom. The number of hydrogen-bond donors (Lipinski definition) is 1. The van der Waals surface area contributed by atoms with Crippen molar-refractivity contribution in [2.75, 3.05) is 7.11 Å². The van der Waals surface area contributed by atoms with E-state index in [1.54, 1.807) is 19.1 Å². The highest BCUT2D eigenvalue weighted by Crippen LogP contribution is 2.43. The van der Waals surface area contributed by atoms with Crippen molar-refractivity contribution in [2.24, 2.45) is 0 Å². The number of aliphatic hydroxyl groups is 1. The summed E-state index contributed by atoms with van der Waals surface area (Å²) in [5.74, 6) is -1.32. The quantitative estimate of drug-likeness (QED) is 0.500. The molecule has 0 bridgehead atoms. The summed E-state index contributed by atoms with van der Waals surface area (Å²) in [6.45, 7) is 1.43. The summed E-state index contributed by atoms with van der Waals surface area (Å²) in [5, 5.41) is 11.9. The molecule has 2 atom stereocenters. The second-order valence-electron chi connectivity index (χ2n) is 7.83. The van der Waals surface area contributed by atoms with E-state index in [1.807, 2.05) is 30.3 Å². The van der Waals surface area contributed by atoms with Crippen LogP contribution in [0.15, 0.2) is 53.3 Å². The number of allylic oxidation sites excluding steroid dienone is 1. The topological polar surface area (TPSA) is 108 Å². The van der Waals surface area contributed by atoms with Crippen LogP contribution in [0.4, 0.5) is 0 Å². The van der Waals surface area contributed by atoms with Crippen LogP contribution < -0.4 is 5.56 Å². The van der Waals surface area contributed by atoms with Crippen LogP contribution in [-0.4, -0.2) is 33.7 Å². The molecule has 8 nitrogen and oxygen atoms in total. The third kappa shape index (κ3) is 2.73. The van der Waals surface area contributed by atoms with Gasteiger partial charge < -0.3 is 14.6 Å². The fraction of sp³-hybridized carbons (Fsp3) is 0.250. The van der Waals surface area contributed by atoms with E-state index in [4.69, 9.17) is 14.5 Å². The normalized spacial score (nSPS) is 21.2. The Bertz CT molecular complexity index is 1390. The third-order valence-electron chi connectivity index (χ3n) is 6.19. The lowest BCUT2D eigenvalue weighted by Gasteiger charge is -2.32. The largest absolute Gasteiger partial charge is 0.466 e. The number of para-hydroxylation sites is 1. The van der Waals surface area contributed by atoms with Gasteiger partial charge in [-0.1, -0.05) is 25.1 Å². The average molecular weight is 432 g/mol. The lowest BCUT2D eigenvalue weighted by atomic mass is 9.86. The molecule has 0 radical (unpaired) electrons. The first kappa shape index (κ1) is 20.1. The molecule has 0 amide bonds. The number of cyclic esters (lactones) is 1. The molecule has 1 aromatic carbocycles. The van der Waals surface area contributed by atoms with Crippen molar-refractivity contribution in [3.8, 4) is 11.4 Å². The summed E-state index contributed by atoms with van der Waals surface area (Å²) in [4.78, 5) is 42.5. The number of rotatable bonds is 3. The standard InChI is InChI=1S/C24H20N2O6/c1-3-24(30)16-11-19-21-14(10-13-6-4-5-7-17(13)25-21)18(8-9-20(27)31-2)26(19)22(28)15(16)12-32-23(24)29/h4-11,18,30H,3,12H2,1-2H3/b9-8+/t18?,24-/m0/s1. The Morgan fingerprint density at radius 2 is 2.12 bits per heavy atom. The predicted octanol–water partition coefficient (Wildman–Crippen LogP) is 2.35. The smallest absolute Gasteiger partial charge is 0.343 e. The number of methoxy groups -OCH3 is 1. The average Bonchev–Trinajstić information content (AvgIpc) is 3.11. The first-order chi connectivity index (χ1) is 15.4. The van der Waals surface area contributed by atoms with Crippen molar-refractivity contribution in [3.63, 3.8) is 0 Å². The Kier molecular flexibility index (Phi) is 4.49. The Hall–Kier alpha value is -3.78. The van der Waals surface area contributed by atoms with Gasteiger partial charge in [0.25, 0.3) is 5.56 Å². The van der Waals surface area contributed by atoms with E-state index in [2.05, 4.69) is 0 Å². The molecule has 2 aromatic heterocycles. The van der Waals surface area contributed by atoms with E-state index >= 15 is 0 Å². The van der Waals surface area contributed by atoms with Crippen LogP contribution in [0.1, 0.15) is 36.1 Å². The van der Waals surface area contributed by atoms with Crippen LogP contribution in [0.2, 0.25) is 0 Å². The molecule has 0 saturated heterocycles. The summed E-state index contributed by atoms with van der Waals surface area (Å²) in [6.07, 6.45) is 2.92. The number of carbonyl (C=O) groups excluding carboxylic acids is 2. The number of carbonyl (C=O) groups is 2. The molecule has 1 N–H and O–H groups in total. The zero-order valence-electron chi connectivity index (χ0n) is 17.5. The van der Waals surface area contributed by atoms with Gasteiger partial charge in [0.05, 0.1) is 35.6 Å². The van der Waals surface area contributed by atoms with E-state index < -0.39 is 29.1 Å². The summed E-state index contributed by atoms with van der Waals surface area (Å²) in [6, 6.07) is 10.5. The highest BCUT2D eigenvalue weighted by atomic mass is 16.6. The zero-order valence-corrected chi connectivity index (χ0v) is 17.5. The molecular formula is C24H20N2O6. The summed E-state index contributed by atoms with van der Waals surface area (Å²) in [5.41, 5.74) is 0.646. The van der Waals surface area contributed by atoms with Crippen molar-refractivity contribution >= 4 is 22.8 Å². The lowest BCUT2D eigenvalue weighted by molar-refractivity contribution is -0.172. The fourth-order valence-electron chi connectivity index (χ4n) is 4.46. The summed E-state index contributed by atoms with van der Waals surface area (Å²) >= 11 is 0. The lowest BCUT2D eigenvalue weighted by Crippen LogP contribution is -2.44. The highest BCUT2D eigenvalue weighted by Gasteiger charge is 2.46. The van der Waals surface area contributed by atoms with Crippen molar-refractivity contribution in [2.45, 2.75) is 31.6 Å². The van der Waals surface area contributed by atoms with Gasteiger partial charge in [-0.2, -0.15) is 0 Å². The molecule has 1 unspecified atom stereocenters. The van der Waals surface area contributed by atoms with Crippen LogP contribution in [0, 0.1) is 0 Å². The van der Waals surface area contributed by atoms with Crippen molar-refractivity contribution < 1.29 is 24.2 Å². The molecule has 2 aliphatic heterocycles. The molecule has 0 aliphatic carbocycles. The first-order valence-corrected chi connectivity index (χ1v) is 10.2. The number of fused-ring (bicyclic) bond motifs is 5. The number of nitrogens with zero attached hydrogens (tertiary/aromatic N) is 2. The SMILES string of the molecule is CC[C@@]1(O)C(=O)OCc2c1cc1n(c2=O)C(/C=C/C(=O)OC)c2cc3ccccc3nc2-1. The number of aromatic nitrogens is 2. The van der Waals surface area contributed by atoms with Gasteiger partial charge in [0.2, 0.25) is 0 Å². The molecule has 0 fully saturated rings. The first-order valence-electron chi connectivity index (χ1n) is 10.2. The van der Waals surface area contributed by atoms with Crippen LogP contribution in [0.25, 0.3) is 22.3 Å². The van der Waals surface area contributed by atoms with Crippen LogP contribution in [-0.2, 0) is 31.3 Å². The van der Waals surface area contributed by atoms with E-state index in [0.29, 0.717) is 11.4 Å². The Labute approximate surface area is 182 Å². The van der Waals surface area contributed by atoms with E-state index in [1.165, 1.54) is 17.8 Å². The minimum absolute atomic E-state index is 0.0609. The van der Waals surface area contributed by atoms with E-state index in [0.717, 1.165) is 16.5 Å². The van der Waals surface area contributed by atoms with Gasteiger partial charge in [-0.05, 0) is 30.7 Å². The van der Waals surface area contributed by atoms with Crippen molar-refractivity contribution in [1.29, 1.82) is 0 Å². The van der Waals surface area contributed by atoms with Gasteiger partial charge >= 0.3 is 11.9 Å².